The number of aliphatic hydroxyl groups excluding tert-OH is 1. The van der Waals surface area contributed by atoms with E-state index in [1.807, 2.05) is 23.9 Å². The SMILES string of the molecule is COc1ccc2c(c1)[C@H](O)CC(C)SC2. The zero-order chi connectivity index (χ0) is 10.8. The van der Waals surface area contributed by atoms with Crippen LogP contribution in [0.2, 0.25) is 0 Å². The highest BCUT2D eigenvalue weighted by atomic mass is 32.2. The second-order valence-electron chi connectivity index (χ2n) is 3.94. The maximum absolute atomic E-state index is 10.1. The Morgan fingerprint density at radius 1 is 1.47 bits per heavy atom. The Kier molecular flexibility index (Phi) is 3.22. The molecule has 0 saturated carbocycles. The highest BCUT2D eigenvalue weighted by Gasteiger charge is 2.21. The first-order chi connectivity index (χ1) is 7.20. The molecule has 1 aliphatic rings. The van der Waals surface area contributed by atoms with E-state index in [-0.39, 0.29) is 6.10 Å². The summed E-state index contributed by atoms with van der Waals surface area (Å²) in [5, 5.41) is 10.6. The fraction of sp³-hybridized carbons (Fsp3) is 0.500. The largest absolute Gasteiger partial charge is 0.497 e. The van der Waals surface area contributed by atoms with Crippen LogP contribution in [0.3, 0.4) is 0 Å². The molecule has 0 aliphatic carbocycles. The van der Waals surface area contributed by atoms with Gasteiger partial charge in [-0.1, -0.05) is 13.0 Å². The second-order valence-corrected chi connectivity index (χ2v) is 5.36. The van der Waals surface area contributed by atoms with E-state index in [1.54, 1.807) is 7.11 Å². The Morgan fingerprint density at radius 3 is 3.00 bits per heavy atom. The molecule has 1 N–H and O–H groups in total. The van der Waals surface area contributed by atoms with Crippen molar-refractivity contribution in [3.63, 3.8) is 0 Å². The molecule has 1 aromatic carbocycles. The van der Waals surface area contributed by atoms with Gasteiger partial charge in [-0.2, -0.15) is 11.8 Å². The normalized spacial score (nSPS) is 25.5. The second kappa shape index (κ2) is 4.45. The fourth-order valence-corrected chi connectivity index (χ4v) is 2.93. The van der Waals surface area contributed by atoms with E-state index >= 15 is 0 Å². The molecule has 2 rings (SSSR count). The topological polar surface area (TPSA) is 29.5 Å². The van der Waals surface area contributed by atoms with E-state index in [0.29, 0.717) is 5.25 Å². The highest BCUT2D eigenvalue weighted by molar-refractivity contribution is 7.99. The van der Waals surface area contributed by atoms with Gasteiger partial charge >= 0.3 is 0 Å². The number of hydrogen-bond donors (Lipinski definition) is 1. The Labute approximate surface area is 94.6 Å². The average Bonchev–Trinajstić information content (AvgIpc) is 2.38. The molecule has 2 nitrogen and oxygen atoms in total. The Bertz CT molecular complexity index is 351. The van der Waals surface area contributed by atoms with Gasteiger partial charge in [-0.3, -0.25) is 0 Å². The molecule has 0 amide bonds. The lowest BCUT2D eigenvalue weighted by molar-refractivity contribution is 0.168. The molecule has 82 valence electrons. The third-order valence-corrected chi connectivity index (χ3v) is 4.03. The lowest BCUT2D eigenvalue weighted by atomic mass is 10.00. The minimum Gasteiger partial charge on any atom is -0.497 e. The maximum Gasteiger partial charge on any atom is 0.119 e. The maximum atomic E-state index is 10.1. The summed E-state index contributed by atoms with van der Waals surface area (Å²) in [6.07, 6.45) is 0.477. The molecule has 1 aromatic rings. The summed E-state index contributed by atoms with van der Waals surface area (Å²) in [7, 11) is 1.65. The predicted octanol–water partition coefficient (Wildman–Crippen LogP) is 2.75. The van der Waals surface area contributed by atoms with Crippen LogP contribution in [0.1, 0.15) is 30.6 Å². The molecule has 15 heavy (non-hydrogen) atoms. The highest BCUT2D eigenvalue weighted by Crippen LogP contribution is 2.36. The van der Waals surface area contributed by atoms with Gasteiger partial charge in [0.15, 0.2) is 0 Å². The molecule has 0 spiro atoms. The summed E-state index contributed by atoms with van der Waals surface area (Å²) >= 11 is 1.90. The predicted molar refractivity (Wildman–Crippen MR) is 63.3 cm³/mol. The van der Waals surface area contributed by atoms with Crippen LogP contribution in [0.15, 0.2) is 18.2 Å². The van der Waals surface area contributed by atoms with Gasteiger partial charge in [-0.05, 0) is 29.7 Å². The molecule has 0 fully saturated rings. The molecular formula is C12H16O2S. The number of thioether (sulfide) groups is 1. The summed E-state index contributed by atoms with van der Waals surface area (Å²) < 4.78 is 5.18. The van der Waals surface area contributed by atoms with Crippen LogP contribution in [0.4, 0.5) is 0 Å². The van der Waals surface area contributed by atoms with Crippen molar-refractivity contribution in [2.24, 2.45) is 0 Å². The number of aliphatic hydroxyl groups is 1. The van der Waals surface area contributed by atoms with E-state index in [2.05, 4.69) is 13.0 Å². The summed E-state index contributed by atoms with van der Waals surface area (Å²) in [4.78, 5) is 0. The molecule has 2 atom stereocenters. The van der Waals surface area contributed by atoms with Crippen molar-refractivity contribution in [1.82, 2.24) is 0 Å². The Balaban J connectivity index is 2.36. The molecule has 1 heterocycles. The Morgan fingerprint density at radius 2 is 2.27 bits per heavy atom. The van der Waals surface area contributed by atoms with Gasteiger partial charge < -0.3 is 9.84 Å². The van der Waals surface area contributed by atoms with Gasteiger partial charge in [0, 0.05) is 11.0 Å². The number of fused-ring (bicyclic) bond motifs is 1. The van der Waals surface area contributed by atoms with Gasteiger partial charge in [0.2, 0.25) is 0 Å². The van der Waals surface area contributed by atoms with Crippen LogP contribution in [0, 0.1) is 0 Å². The van der Waals surface area contributed by atoms with Crippen molar-refractivity contribution >= 4 is 11.8 Å². The summed E-state index contributed by atoms with van der Waals surface area (Å²) in [6.45, 7) is 2.16. The van der Waals surface area contributed by atoms with Gasteiger partial charge in [0.05, 0.1) is 13.2 Å². The first-order valence-corrected chi connectivity index (χ1v) is 6.22. The van der Waals surface area contributed by atoms with Crippen LogP contribution in [0.25, 0.3) is 0 Å². The van der Waals surface area contributed by atoms with Gasteiger partial charge in [-0.25, -0.2) is 0 Å². The summed E-state index contributed by atoms with van der Waals surface area (Å²) in [6, 6.07) is 5.98. The van der Waals surface area contributed by atoms with Gasteiger partial charge in [0.25, 0.3) is 0 Å². The number of benzene rings is 1. The molecular weight excluding hydrogens is 208 g/mol. The number of hydrogen-bond acceptors (Lipinski definition) is 3. The van der Waals surface area contributed by atoms with Crippen molar-refractivity contribution in [2.45, 2.75) is 30.5 Å². The van der Waals surface area contributed by atoms with Gasteiger partial charge in [0.1, 0.15) is 5.75 Å². The van der Waals surface area contributed by atoms with E-state index in [4.69, 9.17) is 4.74 Å². The quantitative estimate of drug-likeness (QED) is 0.795. The smallest absolute Gasteiger partial charge is 0.119 e. The van der Waals surface area contributed by atoms with Crippen molar-refractivity contribution in [3.8, 4) is 5.75 Å². The molecule has 0 radical (unpaired) electrons. The standard InChI is InChI=1S/C12H16O2S/c1-8-5-12(13)11-6-10(14-2)4-3-9(11)7-15-8/h3-4,6,8,12-13H,5,7H2,1-2H3/t8?,12-/m1/s1. The van der Waals surface area contributed by atoms with Gasteiger partial charge in [-0.15, -0.1) is 0 Å². The van der Waals surface area contributed by atoms with E-state index < -0.39 is 0 Å². The number of rotatable bonds is 1. The molecule has 3 heteroatoms. The van der Waals surface area contributed by atoms with Crippen molar-refractivity contribution < 1.29 is 9.84 Å². The van der Waals surface area contributed by atoms with Crippen molar-refractivity contribution in [3.05, 3.63) is 29.3 Å². The number of methoxy groups -OCH3 is 1. The van der Waals surface area contributed by atoms with E-state index in [0.717, 1.165) is 23.5 Å². The van der Waals surface area contributed by atoms with Crippen molar-refractivity contribution in [1.29, 1.82) is 0 Å². The molecule has 0 bridgehead atoms. The first kappa shape index (κ1) is 10.8. The molecule has 1 aliphatic heterocycles. The van der Waals surface area contributed by atoms with Crippen LogP contribution in [0.5, 0.6) is 5.75 Å². The Hall–Kier alpha value is -0.670. The minimum absolute atomic E-state index is 0.347. The summed E-state index contributed by atoms with van der Waals surface area (Å²) in [5.74, 6) is 1.81. The lowest BCUT2D eigenvalue weighted by Crippen LogP contribution is -2.03. The third kappa shape index (κ3) is 2.29. The van der Waals surface area contributed by atoms with Crippen LogP contribution >= 0.6 is 11.8 Å². The van der Waals surface area contributed by atoms with Crippen molar-refractivity contribution in [2.75, 3.05) is 7.11 Å². The zero-order valence-electron chi connectivity index (χ0n) is 9.06. The molecule has 0 aromatic heterocycles. The monoisotopic (exact) mass is 224 g/mol. The molecule has 1 unspecified atom stereocenters. The fourth-order valence-electron chi connectivity index (χ4n) is 1.88. The first-order valence-electron chi connectivity index (χ1n) is 5.17. The van der Waals surface area contributed by atoms with Crippen LogP contribution < -0.4 is 4.74 Å². The summed E-state index contributed by atoms with van der Waals surface area (Å²) in [5.41, 5.74) is 2.27. The van der Waals surface area contributed by atoms with Crippen LogP contribution in [-0.4, -0.2) is 17.5 Å². The lowest BCUT2D eigenvalue weighted by Gasteiger charge is -2.13. The van der Waals surface area contributed by atoms with E-state index in [9.17, 15) is 5.11 Å². The zero-order valence-corrected chi connectivity index (χ0v) is 9.88. The van der Waals surface area contributed by atoms with E-state index in [1.165, 1.54) is 5.56 Å². The minimum atomic E-state index is -0.347. The third-order valence-electron chi connectivity index (χ3n) is 2.79. The van der Waals surface area contributed by atoms with Crippen LogP contribution in [-0.2, 0) is 5.75 Å². The average molecular weight is 224 g/mol. The number of ether oxygens (including phenoxy) is 1. The molecule has 0 saturated heterocycles.